The molecule has 3 N–H and O–H groups in total. The lowest BCUT2D eigenvalue weighted by atomic mass is 10.1. The number of hydrogen-bond donors (Lipinski definition) is 3. The Morgan fingerprint density at radius 2 is 2.00 bits per heavy atom. The number of amides is 1. The Hall–Kier alpha value is -2.27. The molecule has 0 aliphatic carbocycles. The molecule has 2 rings (SSSR count). The number of aryl methyl sites for hydroxylation is 2. The number of rotatable bonds is 3. The number of benzene rings is 1. The second kappa shape index (κ2) is 5.38. The molecule has 1 aromatic carbocycles. The predicted molar refractivity (Wildman–Crippen MR) is 76.6 cm³/mol. The van der Waals surface area contributed by atoms with E-state index < -0.39 is 5.97 Å². The number of aromatic nitrogens is 1. The van der Waals surface area contributed by atoms with Gasteiger partial charge in [-0.25, -0.2) is 4.79 Å². The minimum atomic E-state index is -1.09. The van der Waals surface area contributed by atoms with Crippen molar-refractivity contribution in [2.24, 2.45) is 0 Å². The van der Waals surface area contributed by atoms with E-state index in [0.717, 1.165) is 5.56 Å². The van der Waals surface area contributed by atoms with Crippen LogP contribution in [0.3, 0.4) is 0 Å². The number of carboxylic acids is 1. The van der Waals surface area contributed by atoms with Gasteiger partial charge in [0.15, 0.2) is 0 Å². The fourth-order valence-electron chi connectivity index (χ4n) is 1.88. The highest BCUT2D eigenvalue weighted by molar-refractivity contribution is 6.31. The van der Waals surface area contributed by atoms with Gasteiger partial charge < -0.3 is 15.4 Å². The van der Waals surface area contributed by atoms with Crippen LogP contribution in [-0.2, 0) is 0 Å². The lowest BCUT2D eigenvalue weighted by Gasteiger charge is -2.06. The fourth-order valence-corrected chi connectivity index (χ4v) is 2.00. The molecule has 6 heteroatoms. The van der Waals surface area contributed by atoms with Gasteiger partial charge in [0.2, 0.25) is 0 Å². The summed E-state index contributed by atoms with van der Waals surface area (Å²) in [5.74, 6) is -1.47. The molecule has 0 aliphatic heterocycles. The highest BCUT2D eigenvalue weighted by atomic mass is 35.5. The van der Waals surface area contributed by atoms with Crippen molar-refractivity contribution in [3.8, 4) is 0 Å². The Kier molecular flexibility index (Phi) is 3.81. The largest absolute Gasteiger partial charge is 0.478 e. The molecule has 0 aliphatic rings. The number of anilines is 1. The van der Waals surface area contributed by atoms with Crippen LogP contribution < -0.4 is 5.32 Å². The molecule has 0 saturated heterocycles. The molecule has 0 unspecified atom stereocenters. The number of nitrogens with one attached hydrogen (secondary N) is 2. The third-order valence-electron chi connectivity index (χ3n) is 2.96. The molecule has 5 nitrogen and oxygen atoms in total. The van der Waals surface area contributed by atoms with Crippen LogP contribution in [-0.4, -0.2) is 22.0 Å². The van der Waals surface area contributed by atoms with Crippen LogP contribution in [0.15, 0.2) is 24.4 Å². The van der Waals surface area contributed by atoms with Crippen LogP contribution in [0.4, 0.5) is 5.69 Å². The van der Waals surface area contributed by atoms with E-state index in [9.17, 15) is 9.59 Å². The van der Waals surface area contributed by atoms with Gasteiger partial charge >= 0.3 is 5.97 Å². The van der Waals surface area contributed by atoms with E-state index in [1.807, 2.05) is 0 Å². The van der Waals surface area contributed by atoms with E-state index in [1.165, 1.54) is 6.20 Å². The van der Waals surface area contributed by atoms with Gasteiger partial charge in [0.05, 0.1) is 5.69 Å². The summed E-state index contributed by atoms with van der Waals surface area (Å²) >= 11 is 5.90. The highest BCUT2D eigenvalue weighted by Gasteiger charge is 2.17. The average Bonchev–Trinajstić information content (AvgIpc) is 2.73. The maximum Gasteiger partial charge on any atom is 0.339 e. The van der Waals surface area contributed by atoms with Crippen molar-refractivity contribution in [2.75, 3.05) is 5.32 Å². The lowest BCUT2D eigenvalue weighted by molar-refractivity contribution is 0.0697. The van der Waals surface area contributed by atoms with Crippen molar-refractivity contribution >= 4 is 29.2 Å². The Bertz CT molecular complexity index is 692. The van der Waals surface area contributed by atoms with Crippen molar-refractivity contribution in [1.82, 2.24) is 4.98 Å². The molecular weight excluding hydrogens is 280 g/mol. The zero-order valence-electron chi connectivity index (χ0n) is 11.0. The van der Waals surface area contributed by atoms with Crippen molar-refractivity contribution in [3.05, 3.63) is 51.8 Å². The SMILES string of the molecule is Cc1cc(C(=O)Nc2c[nH]c(C)c2C(=O)O)ccc1Cl. The molecule has 104 valence electrons. The Morgan fingerprint density at radius 1 is 1.30 bits per heavy atom. The first-order chi connectivity index (χ1) is 9.40. The Balaban J connectivity index is 2.28. The van der Waals surface area contributed by atoms with Gasteiger partial charge in [-0.05, 0) is 37.6 Å². The molecular formula is C14H13ClN2O3. The van der Waals surface area contributed by atoms with Crippen molar-refractivity contribution in [2.45, 2.75) is 13.8 Å². The molecule has 1 amide bonds. The minimum Gasteiger partial charge on any atom is -0.478 e. The van der Waals surface area contributed by atoms with Crippen LogP contribution in [0, 0.1) is 13.8 Å². The van der Waals surface area contributed by atoms with E-state index in [4.69, 9.17) is 16.7 Å². The average molecular weight is 293 g/mol. The maximum atomic E-state index is 12.1. The summed E-state index contributed by atoms with van der Waals surface area (Å²) < 4.78 is 0. The van der Waals surface area contributed by atoms with Crippen LogP contribution in [0.1, 0.15) is 32.0 Å². The number of aromatic amines is 1. The first-order valence-corrected chi connectivity index (χ1v) is 6.26. The minimum absolute atomic E-state index is 0.0593. The van der Waals surface area contributed by atoms with Crippen LogP contribution in [0.5, 0.6) is 0 Å². The van der Waals surface area contributed by atoms with Gasteiger partial charge in [0, 0.05) is 22.5 Å². The van der Waals surface area contributed by atoms with Gasteiger partial charge in [-0.3, -0.25) is 4.79 Å². The second-order valence-electron chi connectivity index (χ2n) is 4.43. The smallest absolute Gasteiger partial charge is 0.339 e. The van der Waals surface area contributed by atoms with Gasteiger partial charge in [-0.2, -0.15) is 0 Å². The molecule has 20 heavy (non-hydrogen) atoms. The number of carbonyl (C=O) groups excluding carboxylic acids is 1. The van der Waals surface area contributed by atoms with E-state index in [1.54, 1.807) is 32.0 Å². The molecule has 0 saturated carbocycles. The fraction of sp³-hybridized carbons (Fsp3) is 0.143. The van der Waals surface area contributed by atoms with Gasteiger partial charge in [0.25, 0.3) is 5.91 Å². The number of H-pyrrole nitrogens is 1. The maximum absolute atomic E-state index is 12.1. The standard InChI is InChI=1S/C14H13ClN2O3/c1-7-5-9(3-4-10(7)15)13(18)17-11-6-16-8(2)12(11)14(19)20/h3-6,16H,1-2H3,(H,17,18)(H,19,20). The summed E-state index contributed by atoms with van der Waals surface area (Å²) in [6.45, 7) is 3.42. The van der Waals surface area contributed by atoms with Crippen LogP contribution >= 0.6 is 11.6 Å². The first kappa shape index (κ1) is 14.1. The molecule has 0 radical (unpaired) electrons. The highest BCUT2D eigenvalue weighted by Crippen LogP contribution is 2.21. The van der Waals surface area contributed by atoms with Crippen LogP contribution in [0.25, 0.3) is 0 Å². The summed E-state index contributed by atoms with van der Waals surface area (Å²) in [6.07, 6.45) is 1.46. The van der Waals surface area contributed by atoms with Crippen molar-refractivity contribution < 1.29 is 14.7 Å². The number of hydrogen-bond acceptors (Lipinski definition) is 2. The van der Waals surface area contributed by atoms with E-state index in [0.29, 0.717) is 16.3 Å². The Morgan fingerprint density at radius 3 is 2.60 bits per heavy atom. The summed E-state index contributed by atoms with van der Waals surface area (Å²) in [5.41, 5.74) is 1.99. The quantitative estimate of drug-likeness (QED) is 0.812. The van der Waals surface area contributed by atoms with Gasteiger partial charge in [-0.15, -0.1) is 0 Å². The van der Waals surface area contributed by atoms with Crippen LogP contribution in [0.2, 0.25) is 5.02 Å². The second-order valence-corrected chi connectivity index (χ2v) is 4.83. The summed E-state index contributed by atoms with van der Waals surface area (Å²) in [4.78, 5) is 26.0. The molecule has 1 aromatic heterocycles. The van der Waals surface area contributed by atoms with Gasteiger partial charge in [0.1, 0.15) is 5.56 Å². The molecule has 0 atom stereocenters. The lowest BCUT2D eigenvalue weighted by Crippen LogP contribution is -2.14. The zero-order valence-corrected chi connectivity index (χ0v) is 11.7. The summed E-state index contributed by atoms with van der Waals surface area (Å²) in [5, 5.41) is 12.3. The monoisotopic (exact) mass is 292 g/mol. The summed E-state index contributed by atoms with van der Waals surface area (Å²) in [6, 6.07) is 4.87. The molecule has 0 spiro atoms. The molecule has 0 fully saturated rings. The molecule has 2 aromatic rings. The number of halogens is 1. The third kappa shape index (κ3) is 2.67. The van der Waals surface area contributed by atoms with E-state index in [-0.39, 0.29) is 17.2 Å². The normalized spacial score (nSPS) is 10.3. The number of carboxylic acid groups (broad SMARTS) is 1. The molecule has 1 heterocycles. The molecule has 0 bridgehead atoms. The van der Waals surface area contributed by atoms with Crippen molar-refractivity contribution in [1.29, 1.82) is 0 Å². The predicted octanol–water partition coefficient (Wildman–Crippen LogP) is 3.24. The van der Waals surface area contributed by atoms with E-state index >= 15 is 0 Å². The Labute approximate surface area is 120 Å². The number of aromatic carboxylic acids is 1. The zero-order chi connectivity index (χ0) is 14.9. The summed E-state index contributed by atoms with van der Waals surface area (Å²) in [7, 11) is 0. The van der Waals surface area contributed by atoms with Gasteiger partial charge in [-0.1, -0.05) is 11.6 Å². The first-order valence-electron chi connectivity index (χ1n) is 5.89. The number of carbonyl (C=O) groups is 2. The van der Waals surface area contributed by atoms with E-state index in [2.05, 4.69) is 10.3 Å². The third-order valence-corrected chi connectivity index (χ3v) is 3.38. The van der Waals surface area contributed by atoms with Crippen molar-refractivity contribution in [3.63, 3.8) is 0 Å². The topological polar surface area (TPSA) is 82.2 Å².